The van der Waals surface area contributed by atoms with Gasteiger partial charge in [-0.25, -0.2) is 0 Å². The number of hydrogen-bond donors (Lipinski definition) is 1. The molecule has 0 saturated carbocycles. The van der Waals surface area contributed by atoms with E-state index < -0.39 is 0 Å². The highest BCUT2D eigenvalue weighted by molar-refractivity contribution is 7.12. The van der Waals surface area contributed by atoms with Crippen molar-refractivity contribution in [2.24, 2.45) is 0 Å². The zero-order valence-electron chi connectivity index (χ0n) is 11.7. The van der Waals surface area contributed by atoms with Crippen molar-refractivity contribution in [3.8, 4) is 11.8 Å². The Balaban J connectivity index is 1.89. The normalized spacial score (nSPS) is 21.1. The van der Waals surface area contributed by atoms with Gasteiger partial charge in [0.05, 0.1) is 4.88 Å². The molecule has 3 nitrogen and oxygen atoms in total. The summed E-state index contributed by atoms with van der Waals surface area (Å²) >= 11 is 1.73. The van der Waals surface area contributed by atoms with Gasteiger partial charge in [-0.05, 0) is 25.6 Å². The molecule has 1 aromatic rings. The molecule has 1 fully saturated rings. The van der Waals surface area contributed by atoms with Gasteiger partial charge in [-0.2, -0.15) is 0 Å². The highest BCUT2D eigenvalue weighted by Crippen LogP contribution is 2.19. The van der Waals surface area contributed by atoms with Gasteiger partial charge >= 0.3 is 0 Å². The lowest BCUT2D eigenvalue weighted by Crippen LogP contribution is -2.51. The fourth-order valence-electron chi connectivity index (χ4n) is 2.56. The second-order valence-electron chi connectivity index (χ2n) is 4.94. The van der Waals surface area contributed by atoms with Crippen LogP contribution in [-0.4, -0.2) is 53.7 Å². The first-order chi connectivity index (χ1) is 9.22. The molecule has 1 aromatic heterocycles. The van der Waals surface area contributed by atoms with Crippen LogP contribution >= 0.6 is 11.3 Å². The molecule has 1 atom stereocenters. The third-order valence-electron chi connectivity index (χ3n) is 3.59. The molecule has 0 amide bonds. The van der Waals surface area contributed by atoms with E-state index in [1.165, 1.54) is 11.4 Å². The predicted octanol–water partition coefficient (Wildman–Crippen LogP) is 1.62. The van der Waals surface area contributed by atoms with E-state index in [-0.39, 0.29) is 6.61 Å². The summed E-state index contributed by atoms with van der Waals surface area (Å²) < 4.78 is 0. The fraction of sp³-hybridized carbons (Fsp3) is 0.600. The van der Waals surface area contributed by atoms with Gasteiger partial charge in [-0.1, -0.05) is 18.8 Å². The number of piperazine rings is 1. The Kier molecular flexibility index (Phi) is 5.41. The first-order valence-corrected chi connectivity index (χ1v) is 7.69. The molecule has 1 unspecified atom stereocenters. The first kappa shape index (κ1) is 14.5. The maximum Gasteiger partial charge on any atom is 0.104 e. The Labute approximate surface area is 119 Å². The van der Waals surface area contributed by atoms with Crippen molar-refractivity contribution in [3.05, 3.63) is 21.9 Å². The monoisotopic (exact) mass is 278 g/mol. The minimum Gasteiger partial charge on any atom is -0.384 e. The molecule has 2 rings (SSSR count). The van der Waals surface area contributed by atoms with Crippen LogP contribution < -0.4 is 0 Å². The van der Waals surface area contributed by atoms with E-state index in [2.05, 4.69) is 41.6 Å². The fourth-order valence-corrected chi connectivity index (χ4v) is 3.49. The molecular weight excluding hydrogens is 256 g/mol. The summed E-state index contributed by atoms with van der Waals surface area (Å²) in [6.07, 6.45) is 0. The highest BCUT2D eigenvalue weighted by atomic mass is 32.1. The van der Waals surface area contributed by atoms with Gasteiger partial charge in [-0.15, -0.1) is 11.3 Å². The molecule has 0 bridgehead atoms. The van der Waals surface area contributed by atoms with Gasteiger partial charge < -0.3 is 5.11 Å². The van der Waals surface area contributed by atoms with Crippen LogP contribution in [0.4, 0.5) is 0 Å². The van der Waals surface area contributed by atoms with Crippen LogP contribution in [0, 0.1) is 11.8 Å². The van der Waals surface area contributed by atoms with Gasteiger partial charge in [0.2, 0.25) is 0 Å². The van der Waals surface area contributed by atoms with Crippen LogP contribution in [0.1, 0.15) is 23.6 Å². The van der Waals surface area contributed by atoms with E-state index in [1.54, 1.807) is 11.3 Å². The molecular formula is C15H22N2OS. The SMILES string of the molecule is CCN1CCN(Cc2ccc(C#CCO)s2)CC1C. The van der Waals surface area contributed by atoms with Crippen molar-refractivity contribution >= 4 is 11.3 Å². The van der Waals surface area contributed by atoms with Crippen LogP contribution in [0.2, 0.25) is 0 Å². The molecule has 0 spiro atoms. The van der Waals surface area contributed by atoms with E-state index in [0.29, 0.717) is 6.04 Å². The number of likely N-dealkylation sites (N-methyl/N-ethyl adjacent to an activating group) is 1. The van der Waals surface area contributed by atoms with Crippen molar-refractivity contribution in [1.82, 2.24) is 9.80 Å². The molecule has 1 aliphatic heterocycles. The van der Waals surface area contributed by atoms with Crippen LogP contribution in [0.5, 0.6) is 0 Å². The summed E-state index contributed by atoms with van der Waals surface area (Å²) in [5, 5.41) is 8.69. The number of rotatable bonds is 3. The largest absolute Gasteiger partial charge is 0.384 e. The molecule has 2 heterocycles. The van der Waals surface area contributed by atoms with Crippen LogP contribution in [0.25, 0.3) is 0 Å². The number of thiophene rings is 1. The van der Waals surface area contributed by atoms with E-state index in [4.69, 9.17) is 5.11 Å². The zero-order valence-corrected chi connectivity index (χ0v) is 12.5. The topological polar surface area (TPSA) is 26.7 Å². The third-order valence-corrected chi connectivity index (χ3v) is 4.57. The molecule has 1 saturated heterocycles. The minimum absolute atomic E-state index is 0.0657. The van der Waals surface area contributed by atoms with Gasteiger partial charge in [0, 0.05) is 37.1 Å². The third kappa shape index (κ3) is 4.05. The predicted molar refractivity (Wildman–Crippen MR) is 80.3 cm³/mol. The van der Waals surface area contributed by atoms with Crippen molar-refractivity contribution in [2.75, 3.05) is 32.8 Å². The lowest BCUT2D eigenvalue weighted by molar-refractivity contribution is 0.0841. The molecule has 1 aliphatic rings. The number of aliphatic hydroxyl groups excluding tert-OH is 1. The molecule has 104 valence electrons. The van der Waals surface area contributed by atoms with Gasteiger partial charge in [-0.3, -0.25) is 9.80 Å². The number of nitrogens with zero attached hydrogens (tertiary/aromatic N) is 2. The number of aliphatic hydroxyl groups is 1. The van der Waals surface area contributed by atoms with Gasteiger partial charge in [0.15, 0.2) is 0 Å². The Hall–Kier alpha value is -0.860. The standard InChI is InChI=1S/C15H22N2OS/c1-3-17-9-8-16(11-13(17)2)12-15-7-6-14(19-15)5-4-10-18/h6-7,13,18H,3,8-12H2,1-2H3. The quantitative estimate of drug-likeness (QED) is 0.851. The van der Waals surface area contributed by atoms with E-state index >= 15 is 0 Å². The van der Waals surface area contributed by atoms with Crippen LogP contribution in [0.3, 0.4) is 0 Å². The molecule has 19 heavy (non-hydrogen) atoms. The van der Waals surface area contributed by atoms with Crippen LogP contribution in [-0.2, 0) is 6.54 Å². The Morgan fingerprint density at radius 1 is 1.42 bits per heavy atom. The maximum absolute atomic E-state index is 8.69. The second-order valence-corrected chi connectivity index (χ2v) is 6.11. The summed E-state index contributed by atoms with van der Waals surface area (Å²) in [6, 6.07) is 4.85. The highest BCUT2D eigenvalue weighted by Gasteiger charge is 2.22. The average molecular weight is 278 g/mol. The molecule has 1 N–H and O–H groups in total. The minimum atomic E-state index is -0.0657. The summed E-state index contributed by atoms with van der Waals surface area (Å²) in [5.41, 5.74) is 0. The van der Waals surface area contributed by atoms with Crippen LogP contribution in [0.15, 0.2) is 12.1 Å². The van der Waals surface area contributed by atoms with Crippen molar-refractivity contribution in [3.63, 3.8) is 0 Å². The zero-order chi connectivity index (χ0) is 13.7. The second kappa shape index (κ2) is 7.06. The average Bonchev–Trinajstić information content (AvgIpc) is 2.84. The van der Waals surface area contributed by atoms with E-state index in [9.17, 15) is 0 Å². The van der Waals surface area contributed by atoms with Gasteiger partial charge in [0.25, 0.3) is 0 Å². The molecule has 0 aliphatic carbocycles. The van der Waals surface area contributed by atoms with E-state index in [1.807, 2.05) is 6.07 Å². The van der Waals surface area contributed by atoms with Crippen molar-refractivity contribution < 1.29 is 5.11 Å². The summed E-state index contributed by atoms with van der Waals surface area (Å²) in [7, 11) is 0. The Morgan fingerprint density at radius 2 is 2.26 bits per heavy atom. The summed E-state index contributed by atoms with van der Waals surface area (Å²) in [6.45, 7) is 10.1. The molecule has 0 radical (unpaired) electrons. The first-order valence-electron chi connectivity index (χ1n) is 6.87. The number of hydrogen-bond acceptors (Lipinski definition) is 4. The Bertz CT molecular complexity index is 460. The van der Waals surface area contributed by atoms with E-state index in [0.717, 1.165) is 31.1 Å². The summed E-state index contributed by atoms with van der Waals surface area (Å²) in [5.74, 6) is 5.67. The summed E-state index contributed by atoms with van der Waals surface area (Å²) in [4.78, 5) is 7.46. The Morgan fingerprint density at radius 3 is 2.95 bits per heavy atom. The van der Waals surface area contributed by atoms with Gasteiger partial charge in [0.1, 0.15) is 6.61 Å². The van der Waals surface area contributed by atoms with Crippen molar-refractivity contribution in [2.45, 2.75) is 26.4 Å². The maximum atomic E-state index is 8.69. The lowest BCUT2D eigenvalue weighted by Gasteiger charge is -2.39. The molecule has 4 heteroatoms. The smallest absolute Gasteiger partial charge is 0.104 e. The molecule has 0 aromatic carbocycles. The van der Waals surface area contributed by atoms with Crippen molar-refractivity contribution in [1.29, 1.82) is 0 Å². The lowest BCUT2D eigenvalue weighted by atomic mass is 10.2.